The van der Waals surface area contributed by atoms with Crippen molar-refractivity contribution in [3.8, 4) is 16.9 Å². The predicted molar refractivity (Wildman–Crippen MR) is 179 cm³/mol. The van der Waals surface area contributed by atoms with Crippen LogP contribution in [0.1, 0.15) is 53.7 Å². The number of nitrogens with one attached hydrogen (secondary N) is 2. The molecule has 0 saturated heterocycles. The molecule has 0 saturated carbocycles. The first-order valence-corrected chi connectivity index (χ1v) is 16.8. The molecule has 254 valence electrons. The first kappa shape index (κ1) is 36.4. The average Bonchev–Trinajstić information content (AvgIpc) is 2.98. The van der Waals surface area contributed by atoms with Crippen LogP contribution in [0.2, 0.25) is 5.02 Å². The Kier molecular flexibility index (Phi) is 11.2. The summed E-state index contributed by atoms with van der Waals surface area (Å²) in [4.78, 5) is 26.3. The molecule has 2 amide bonds. The molecule has 4 aromatic rings. The highest BCUT2D eigenvalue weighted by Gasteiger charge is 2.31. The van der Waals surface area contributed by atoms with Crippen molar-refractivity contribution in [3.63, 3.8) is 0 Å². The molecule has 3 N–H and O–H groups in total. The minimum absolute atomic E-state index is 0.109. The first-order chi connectivity index (χ1) is 22.4. The lowest BCUT2D eigenvalue weighted by Crippen LogP contribution is -2.28. The second-order valence-corrected chi connectivity index (χ2v) is 14.2. The second kappa shape index (κ2) is 14.8. The number of hydrogen-bond donors (Lipinski definition) is 3. The summed E-state index contributed by atoms with van der Waals surface area (Å²) in [6.45, 7) is 6.00. The lowest BCUT2D eigenvalue weighted by Gasteiger charge is -2.22. The van der Waals surface area contributed by atoms with Crippen molar-refractivity contribution in [2.24, 2.45) is 0 Å². The molecular formula is C35H34ClF3N2O6S. The molecule has 0 heterocycles. The summed E-state index contributed by atoms with van der Waals surface area (Å²) in [6, 6.07) is 24.4. The van der Waals surface area contributed by atoms with E-state index in [1.54, 1.807) is 42.5 Å². The van der Waals surface area contributed by atoms with Gasteiger partial charge >= 0.3 is 6.36 Å². The van der Waals surface area contributed by atoms with E-state index in [2.05, 4.69) is 36.1 Å². The van der Waals surface area contributed by atoms with E-state index in [1.165, 1.54) is 24.3 Å². The van der Waals surface area contributed by atoms with E-state index in [0.29, 0.717) is 21.8 Å². The Bertz CT molecular complexity index is 1860. The summed E-state index contributed by atoms with van der Waals surface area (Å²) in [6.07, 6.45) is -4.55. The Hall–Kier alpha value is -4.39. The summed E-state index contributed by atoms with van der Waals surface area (Å²) in [5.41, 5.74) is 4.24. The molecule has 8 nitrogen and oxygen atoms in total. The van der Waals surface area contributed by atoms with Crippen molar-refractivity contribution in [1.29, 1.82) is 0 Å². The fourth-order valence-corrected chi connectivity index (χ4v) is 5.50. The van der Waals surface area contributed by atoms with Crippen LogP contribution in [-0.2, 0) is 26.7 Å². The second-order valence-electron chi connectivity index (χ2n) is 12.2. The number of anilines is 1. The average molecular weight is 703 g/mol. The van der Waals surface area contributed by atoms with Gasteiger partial charge in [0.2, 0.25) is 5.91 Å². The Balaban J connectivity index is 1.57. The van der Waals surface area contributed by atoms with Crippen molar-refractivity contribution in [1.82, 2.24) is 5.32 Å². The van der Waals surface area contributed by atoms with Gasteiger partial charge in [0, 0.05) is 22.8 Å². The summed E-state index contributed by atoms with van der Waals surface area (Å²) in [5, 5.41) is 5.67. The zero-order chi connectivity index (χ0) is 35.3. The fraction of sp³-hybridized carbons (Fsp3) is 0.257. The molecule has 4 rings (SSSR count). The van der Waals surface area contributed by atoms with Gasteiger partial charge in [-0.25, -0.2) is 0 Å². The predicted octanol–water partition coefficient (Wildman–Crippen LogP) is 7.79. The molecule has 0 spiro atoms. The molecule has 0 aliphatic rings. The highest BCUT2D eigenvalue weighted by atomic mass is 35.5. The third-order valence-electron chi connectivity index (χ3n) is 7.38. The largest absolute Gasteiger partial charge is 0.573 e. The fourth-order valence-electron chi connectivity index (χ4n) is 4.91. The van der Waals surface area contributed by atoms with Gasteiger partial charge in [-0.05, 0) is 82.1 Å². The molecule has 0 aliphatic heterocycles. The van der Waals surface area contributed by atoms with Crippen LogP contribution in [0.5, 0.6) is 5.75 Å². The standard InChI is InChI=1S/C35H34ClF3N2O6S/c1-34(2,3)27-12-8-24(9-13-27)31(18-22-4-6-25(7-5-22)32(42)40-16-17-48(44,45)46)33(43)41-29-20-26(19-28(36)21-29)23-10-14-30(15-11-23)47-35(37,38)39/h4-15,19-21,31H,16-18H2,1-3H3,(H,40,42)(H,41,43)(H,44,45,46). The number of carbonyl (C=O) groups excluding carboxylic acids is 2. The lowest BCUT2D eigenvalue weighted by molar-refractivity contribution is -0.274. The summed E-state index contributed by atoms with van der Waals surface area (Å²) in [7, 11) is -4.22. The summed E-state index contributed by atoms with van der Waals surface area (Å²) >= 11 is 6.38. The van der Waals surface area contributed by atoms with Gasteiger partial charge in [-0.1, -0.05) is 80.9 Å². The van der Waals surface area contributed by atoms with E-state index >= 15 is 0 Å². The van der Waals surface area contributed by atoms with Gasteiger partial charge in [-0.3, -0.25) is 14.1 Å². The number of halogens is 4. The molecule has 0 aliphatic carbocycles. The van der Waals surface area contributed by atoms with Gasteiger partial charge in [-0.2, -0.15) is 8.42 Å². The molecule has 1 unspecified atom stereocenters. The van der Waals surface area contributed by atoms with Crippen molar-refractivity contribution in [3.05, 3.63) is 118 Å². The van der Waals surface area contributed by atoms with Crippen molar-refractivity contribution < 1.29 is 40.5 Å². The van der Waals surface area contributed by atoms with Crippen LogP contribution in [-0.4, -0.2) is 43.4 Å². The van der Waals surface area contributed by atoms with Crippen molar-refractivity contribution >= 4 is 39.2 Å². The van der Waals surface area contributed by atoms with Crippen molar-refractivity contribution in [2.75, 3.05) is 17.6 Å². The van der Waals surface area contributed by atoms with E-state index in [-0.39, 0.29) is 35.6 Å². The quantitative estimate of drug-likeness (QED) is 0.137. The van der Waals surface area contributed by atoms with E-state index in [4.69, 9.17) is 16.2 Å². The van der Waals surface area contributed by atoms with Crippen LogP contribution in [0.3, 0.4) is 0 Å². The Labute approximate surface area is 282 Å². The van der Waals surface area contributed by atoms with Crippen LogP contribution < -0.4 is 15.4 Å². The Morgan fingerprint density at radius 1 is 0.875 bits per heavy atom. The van der Waals surface area contributed by atoms with E-state index < -0.39 is 34.1 Å². The molecule has 4 aromatic carbocycles. The van der Waals surface area contributed by atoms with Crippen LogP contribution in [0.15, 0.2) is 91.0 Å². The number of hydrogen-bond acceptors (Lipinski definition) is 5. The number of rotatable bonds is 11. The maximum Gasteiger partial charge on any atom is 0.573 e. The SMILES string of the molecule is CC(C)(C)c1ccc(C(Cc2ccc(C(=O)NCCS(=O)(=O)O)cc2)C(=O)Nc2cc(Cl)cc(-c3ccc(OC(F)(F)F)cc3)c2)cc1. The summed E-state index contributed by atoms with van der Waals surface area (Å²) < 4.78 is 72.5. The number of amides is 2. The number of carbonyl (C=O) groups is 2. The first-order valence-electron chi connectivity index (χ1n) is 14.8. The van der Waals surface area contributed by atoms with Gasteiger partial charge in [0.1, 0.15) is 5.75 Å². The zero-order valence-corrected chi connectivity index (χ0v) is 27.8. The monoisotopic (exact) mass is 702 g/mol. The van der Waals surface area contributed by atoms with Gasteiger partial charge in [0.05, 0.1) is 11.7 Å². The smallest absolute Gasteiger partial charge is 0.406 e. The number of ether oxygens (including phenoxy) is 1. The lowest BCUT2D eigenvalue weighted by atomic mass is 9.84. The minimum Gasteiger partial charge on any atom is -0.406 e. The van der Waals surface area contributed by atoms with Gasteiger partial charge in [-0.15, -0.1) is 13.2 Å². The Morgan fingerprint density at radius 3 is 2.06 bits per heavy atom. The van der Waals surface area contributed by atoms with E-state index in [9.17, 15) is 31.2 Å². The topological polar surface area (TPSA) is 122 Å². The zero-order valence-electron chi connectivity index (χ0n) is 26.3. The van der Waals surface area contributed by atoms with Crippen LogP contribution in [0, 0.1) is 0 Å². The molecule has 13 heteroatoms. The molecular weight excluding hydrogens is 669 g/mol. The molecule has 0 aromatic heterocycles. The van der Waals surface area contributed by atoms with Gasteiger partial charge < -0.3 is 15.4 Å². The Morgan fingerprint density at radius 2 is 1.50 bits per heavy atom. The minimum atomic E-state index is -4.82. The van der Waals surface area contributed by atoms with E-state index in [1.807, 2.05) is 24.3 Å². The maximum atomic E-state index is 13.9. The molecule has 48 heavy (non-hydrogen) atoms. The maximum absolute atomic E-state index is 13.9. The number of alkyl halides is 3. The van der Waals surface area contributed by atoms with Crippen LogP contribution in [0.4, 0.5) is 18.9 Å². The molecule has 1 atom stereocenters. The van der Waals surface area contributed by atoms with Crippen molar-refractivity contribution in [2.45, 2.75) is 44.9 Å². The highest BCUT2D eigenvalue weighted by molar-refractivity contribution is 7.85. The van der Waals surface area contributed by atoms with Crippen LogP contribution in [0.25, 0.3) is 11.1 Å². The molecule has 0 radical (unpaired) electrons. The third-order valence-corrected chi connectivity index (χ3v) is 8.32. The molecule has 0 fully saturated rings. The normalized spacial score (nSPS) is 12.7. The highest BCUT2D eigenvalue weighted by Crippen LogP contribution is 2.32. The van der Waals surface area contributed by atoms with Gasteiger partial charge in [0.15, 0.2) is 0 Å². The van der Waals surface area contributed by atoms with E-state index in [0.717, 1.165) is 16.7 Å². The summed E-state index contributed by atoms with van der Waals surface area (Å²) in [5.74, 6) is -2.51. The van der Waals surface area contributed by atoms with Gasteiger partial charge in [0.25, 0.3) is 16.0 Å². The van der Waals surface area contributed by atoms with Crippen LogP contribution >= 0.6 is 11.6 Å². The molecule has 0 bridgehead atoms. The third kappa shape index (κ3) is 10.8. The number of benzene rings is 4.